The Morgan fingerprint density at radius 1 is 1.11 bits per heavy atom. The van der Waals surface area contributed by atoms with Gasteiger partial charge in [-0.1, -0.05) is 12.1 Å². The number of benzene rings is 1. The van der Waals surface area contributed by atoms with E-state index in [4.69, 9.17) is 4.74 Å². The van der Waals surface area contributed by atoms with E-state index in [1.807, 2.05) is 0 Å². The summed E-state index contributed by atoms with van der Waals surface area (Å²) < 4.78 is 42.7. The molecule has 0 saturated heterocycles. The molecule has 0 amide bonds. The number of rotatable bonds is 3. The maximum Gasteiger partial charge on any atom is 0.416 e. The average Bonchev–Trinajstić information content (AvgIpc) is 2.38. The highest BCUT2D eigenvalue weighted by Crippen LogP contribution is 2.32. The Bertz CT molecular complexity index is 596. The van der Waals surface area contributed by atoms with E-state index in [1.165, 1.54) is 30.3 Å². The number of aldehydes is 1. The van der Waals surface area contributed by atoms with Gasteiger partial charge in [0.15, 0.2) is 6.29 Å². The van der Waals surface area contributed by atoms with E-state index < -0.39 is 11.7 Å². The van der Waals surface area contributed by atoms with E-state index in [-0.39, 0.29) is 17.3 Å². The molecule has 1 aromatic carbocycles. The first kappa shape index (κ1) is 13.1. The molecule has 0 unspecified atom stereocenters. The molecule has 0 atom stereocenters. The van der Waals surface area contributed by atoms with Crippen LogP contribution in [0.5, 0.6) is 11.6 Å². The lowest BCUT2D eigenvalue weighted by Gasteiger charge is -2.09. The third kappa shape index (κ3) is 3.31. The molecular formula is C13H8F3NO2. The van der Waals surface area contributed by atoms with Crippen LogP contribution in [0.2, 0.25) is 0 Å². The van der Waals surface area contributed by atoms with Crippen LogP contribution in [0, 0.1) is 0 Å². The Morgan fingerprint density at radius 3 is 2.53 bits per heavy atom. The fourth-order valence-electron chi connectivity index (χ4n) is 1.41. The highest BCUT2D eigenvalue weighted by molar-refractivity contribution is 5.71. The fraction of sp³-hybridized carbons (Fsp3) is 0.0769. The number of pyridine rings is 1. The third-order valence-electron chi connectivity index (χ3n) is 2.25. The van der Waals surface area contributed by atoms with Gasteiger partial charge in [-0.25, -0.2) is 4.98 Å². The standard InChI is InChI=1S/C13H8F3NO2/c14-13(15,16)9-3-1-5-11(7-9)19-12-6-2-4-10(8-18)17-12/h1-8H. The molecule has 98 valence electrons. The molecule has 0 spiro atoms. The first-order valence-electron chi connectivity index (χ1n) is 5.26. The Balaban J connectivity index is 2.25. The third-order valence-corrected chi connectivity index (χ3v) is 2.25. The smallest absolute Gasteiger partial charge is 0.416 e. The van der Waals surface area contributed by atoms with Crippen molar-refractivity contribution < 1.29 is 22.7 Å². The highest BCUT2D eigenvalue weighted by atomic mass is 19.4. The summed E-state index contributed by atoms with van der Waals surface area (Å²) in [6, 6.07) is 8.88. The number of nitrogens with zero attached hydrogens (tertiary/aromatic N) is 1. The molecule has 2 aromatic rings. The Kier molecular flexibility index (Phi) is 3.50. The molecule has 0 N–H and O–H groups in total. The van der Waals surface area contributed by atoms with Crippen molar-refractivity contribution in [2.75, 3.05) is 0 Å². The van der Waals surface area contributed by atoms with Crippen molar-refractivity contribution in [3.05, 3.63) is 53.7 Å². The molecule has 1 aromatic heterocycles. The molecule has 0 radical (unpaired) electrons. The van der Waals surface area contributed by atoms with Gasteiger partial charge in [0.05, 0.1) is 5.56 Å². The molecule has 0 aliphatic heterocycles. The summed E-state index contributed by atoms with van der Waals surface area (Å²) in [7, 11) is 0. The molecule has 19 heavy (non-hydrogen) atoms. The zero-order chi connectivity index (χ0) is 13.9. The normalized spacial score (nSPS) is 11.1. The summed E-state index contributed by atoms with van der Waals surface area (Å²) in [5.74, 6) is 0.0642. The summed E-state index contributed by atoms with van der Waals surface area (Å²) in [6.07, 6.45) is -3.91. The van der Waals surface area contributed by atoms with Crippen molar-refractivity contribution in [2.24, 2.45) is 0 Å². The van der Waals surface area contributed by atoms with Crippen LogP contribution in [0.4, 0.5) is 13.2 Å². The number of hydrogen-bond donors (Lipinski definition) is 0. The van der Waals surface area contributed by atoms with Gasteiger partial charge in [0.1, 0.15) is 11.4 Å². The molecule has 0 aliphatic carbocycles. The second-order valence-corrected chi connectivity index (χ2v) is 3.65. The lowest BCUT2D eigenvalue weighted by molar-refractivity contribution is -0.137. The van der Waals surface area contributed by atoms with Gasteiger partial charge < -0.3 is 4.74 Å². The van der Waals surface area contributed by atoms with Gasteiger partial charge in [0.25, 0.3) is 0 Å². The second-order valence-electron chi connectivity index (χ2n) is 3.65. The van der Waals surface area contributed by atoms with Gasteiger partial charge >= 0.3 is 6.18 Å². The van der Waals surface area contributed by atoms with Crippen LogP contribution in [-0.4, -0.2) is 11.3 Å². The van der Waals surface area contributed by atoms with E-state index in [2.05, 4.69) is 4.98 Å². The van der Waals surface area contributed by atoms with Gasteiger partial charge in [-0.3, -0.25) is 4.79 Å². The summed E-state index contributed by atoms with van der Waals surface area (Å²) in [4.78, 5) is 14.3. The molecule has 1 heterocycles. The van der Waals surface area contributed by atoms with Crippen molar-refractivity contribution in [2.45, 2.75) is 6.18 Å². The van der Waals surface area contributed by atoms with Gasteiger partial charge in [-0.2, -0.15) is 13.2 Å². The summed E-state index contributed by atoms with van der Waals surface area (Å²) in [5.41, 5.74) is -0.666. The summed E-state index contributed by atoms with van der Waals surface area (Å²) in [5, 5.41) is 0. The summed E-state index contributed by atoms with van der Waals surface area (Å²) in [6.45, 7) is 0. The minimum atomic E-state index is -4.43. The van der Waals surface area contributed by atoms with E-state index in [0.29, 0.717) is 6.29 Å². The zero-order valence-electron chi connectivity index (χ0n) is 9.52. The number of ether oxygens (including phenoxy) is 1. The molecule has 0 aliphatic rings. The van der Waals surface area contributed by atoms with Crippen molar-refractivity contribution in [3.63, 3.8) is 0 Å². The Labute approximate surface area is 106 Å². The van der Waals surface area contributed by atoms with Gasteiger partial charge in [-0.05, 0) is 24.3 Å². The molecule has 0 saturated carbocycles. The predicted molar refractivity (Wildman–Crippen MR) is 61.1 cm³/mol. The monoisotopic (exact) mass is 267 g/mol. The Hall–Kier alpha value is -2.37. The lowest BCUT2D eigenvalue weighted by Crippen LogP contribution is -2.04. The first-order valence-corrected chi connectivity index (χ1v) is 5.26. The molecule has 0 bridgehead atoms. The van der Waals surface area contributed by atoms with Gasteiger partial charge in [0, 0.05) is 6.07 Å². The predicted octanol–water partition coefficient (Wildman–Crippen LogP) is 3.71. The largest absolute Gasteiger partial charge is 0.439 e. The number of carbonyl (C=O) groups is 1. The van der Waals surface area contributed by atoms with Crippen LogP contribution < -0.4 is 4.74 Å². The van der Waals surface area contributed by atoms with E-state index in [0.717, 1.165) is 12.1 Å². The van der Waals surface area contributed by atoms with Crippen molar-refractivity contribution in [1.29, 1.82) is 0 Å². The van der Waals surface area contributed by atoms with Crippen LogP contribution >= 0.6 is 0 Å². The fourth-order valence-corrected chi connectivity index (χ4v) is 1.41. The van der Waals surface area contributed by atoms with Crippen molar-refractivity contribution in [3.8, 4) is 11.6 Å². The topological polar surface area (TPSA) is 39.2 Å². The Morgan fingerprint density at radius 2 is 1.84 bits per heavy atom. The zero-order valence-corrected chi connectivity index (χ0v) is 9.52. The first-order chi connectivity index (χ1) is 8.99. The summed E-state index contributed by atoms with van der Waals surface area (Å²) >= 11 is 0. The van der Waals surface area contributed by atoms with Gasteiger partial charge in [-0.15, -0.1) is 0 Å². The number of halogens is 3. The SMILES string of the molecule is O=Cc1cccc(Oc2cccc(C(F)(F)F)c2)n1. The van der Waals surface area contributed by atoms with Crippen LogP contribution in [0.25, 0.3) is 0 Å². The second kappa shape index (κ2) is 5.09. The minimum absolute atomic E-state index is 0.00498. The average molecular weight is 267 g/mol. The van der Waals surface area contributed by atoms with Crippen molar-refractivity contribution in [1.82, 2.24) is 4.98 Å². The number of alkyl halides is 3. The molecule has 2 rings (SSSR count). The number of carbonyl (C=O) groups excluding carboxylic acids is 1. The molecule has 6 heteroatoms. The molecule has 0 fully saturated rings. The minimum Gasteiger partial charge on any atom is -0.439 e. The lowest BCUT2D eigenvalue weighted by atomic mass is 10.2. The quantitative estimate of drug-likeness (QED) is 0.796. The van der Waals surface area contributed by atoms with Gasteiger partial charge in [0.2, 0.25) is 5.88 Å². The van der Waals surface area contributed by atoms with Crippen LogP contribution in [0.1, 0.15) is 16.1 Å². The number of hydrogen-bond acceptors (Lipinski definition) is 3. The molecular weight excluding hydrogens is 259 g/mol. The molecule has 3 nitrogen and oxygen atoms in total. The van der Waals surface area contributed by atoms with E-state index in [1.54, 1.807) is 0 Å². The van der Waals surface area contributed by atoms with Crippen molar-refractivity contribution >= 4 is 6.29 Å². The van der Waals surface area contributed by atoms with Crippen LogP contribution in [0.3, 0.4) is 0 Å². The number of aromatic nitrogens is 1. The van der Waals surface area contributed by atoms with Crippen LogP contribution in [-0.2, 0) is 6.18 Å². The van der Waals surface area contributed by atoms with E-state index >= 15 is 0 Å². The van der Waals surface area contributed by atoms with Crippen LogP contribution in [0.15, 0.2) is 42.5 Å². The maximum atomic E-state index is 12.5. The maximum absolute atomic E-state index is 12.5. The van der Waals surface area contributed by atoms with E-state index in [9.17, 15) is 18.0 Å². The highest BCUT2D eigenvalue weighted by Gasteiger charge is 2.30.